The van der Waals surface area contributed by atoms with Gasteiger partial charge >= 0.3 is 0 Å². The van der Waals surface area contributed by atoms with Crippen LogP contribution in [0, 0.1) is 0 Å². The lowest BCUT2D eigenvalue weighted by Gasteiger charge is -2.23. The summed E-state index contributed by atoms with van der Waals surface area (Å²) in [5.74, 6) is 0.312. The number of benzene rings is 2. The molecule has 0 fully saturated rings. The fraction of sp³-hybridized carbons (Fsp3) is 0.409. The van der Waals surface area contributed by atoms with Gasteiger partial charge in [-0.3, -0.25) is 9.10 Å². The molecule has 0 spiro atoms. The summed E-state index contributed by atoms with van der Waals surface area (Å²) in [7, 11) is -2.03. The van der Waals surface area contributed by atoms with Crippen LogP contribution in [0.4, 0.5) is 11.4 Å². The van der Waals surface area contributed by atoms with Crippen molar-refractivity contribution in [2.24, 2.45) is 0 Å². The Hall–Kier alpha value is -2.25. The highest BCUT2D eigenvalue weighted by atomic mass is 35.5. The lowest BCUT2D eigenvalue weighted by atomic mass is 10.1. The molecule has 6 nitrogen and oxygen atoms in total. The molecule has 0 aliphatic rings. The Morgan fingerprint density at radius 3 is 2.40 bits per heavy atom. The van der Waals surface area contributed by atoms with Gasteiger partial charge in [-0.25, -0.2) is 8.42 Å². The van der Waals surface area contributed by atoms with Gasteiger partial charge in [0.05, 0.1) is 24.1 Å². The van der Waals surface area contributed by atoms with E-state index in [0.29, 0.717) is 22.9 Å². The van der Waals surface area contributed by atoms with Crippen molar-refractivity contribution in [1.29, 1.82) is 0 Å². The van der Waals surface area contributed by atoms with Crippen LogP contribution in [0.5, 0.6) is 5.75 Å². The average molecular weight is 453 g/mol. The molecule has 0 heterocycles. The van der Waals surface area contributed by atoms with Crippen molar-refractivity contribution in [3.05, 3.63) is 53.1 Å². The number of anilines is 2. The van der Waals surface area contributed by atoms with Gasteiger partial charge in [0.1, 0.15) is 5.75 Å². The Labute approximate surface area is 184 Å². The molecule has 0 bridgehead atoms. The monoisotopic (exact) mass is 452 g/mol. The van der Waals surface area contributed by atoms with Crippen LogP contribution >= 0.6 is 11.6 Å². The summed E-state index contributed by atoms with van der Waals surface area (Å²) in [5, 5.41) is 3.18. The Kier molecular flexibility index (Phi) is 8.99. The normalized spacial score (nSPS) is 11.2. The van der Waals surface area contributed by atoms with Crippen molar-refractivity contribution in [3.63, 3.8) is 0 Å². The van der Waals surface area contributed by atoms with Crippen molar-refractivity contribution in [1.82, 2.24) is 0 Å². The minimum Gasteiger partial charge on any atom is -0.495 e. The summed E-state index contributed by atoms with van der Waals surface area (Å²) in [4.78, 5) is 12.3. The first-order chi connectivity index (χ1) is 14.2. The standard InChI is InChI=1S/C22H29ClN2O4S/c1-4-5-7-17-9-11-18(12-10-17)24-22(26)8-6-15-25(30(3,27)28)19-13-14-21(29-2)20(23)16-19/h9-14,16H,4-8,15H2,1-3H3,(H,24,26). The molecular formula is C22H29ClN2O4S. The largest absolute Gasteiger partial charge is 0.495 e. The first-order valence-electron chi connectivity index (χ1n) is 9.94. The number of halogens is 1. The Morgan fingerprint density at radius 2 is 1.83 bits per heavy atom. The van der Waals surface area contributed by atoms with E-state index in [-0.39, 0.29) is 18.9 Å². The molecule has 0 saturated carbocycles. The van der Waals surface area contributed by atoms with Gasteiger partial charge in [0.2, 0.25) is 15.9 Å². The minimum atomic E-state index is -3.52. The van der Waals surface area contributed by atoms with Gasteiger partial charge in [0.25, 0.3) is 0 Å². The van der Waals surface area contributed by atoms with E-state index in [1.807, 2.05) is 24.3 Å². The van der Waals surface area contributed by atoms with Gasteiger partial charge in [-0.2, -0.15) is 0 Å². The number of rotatable bonds is 11. The fourth-order valence-corrected chi connectivity index (χ4v) is 4.25. The predicted molar refractivity (Wildman–Crippen MR) is 123 cm³/mol. The summed E-state index contributed by atoms with van der Waals surface area (Å²) < 4.78 is 30.8. The van der Waals surface area contributed by atoms with Crippen LogP contribution in [0.15, 0.2) is 42.5 Å². The number of amides is 1. The smallest absolute Gasteiger partial charge is 0.232 e. The number of nitrogens with one attached hydrogen (secondary N) is 1. The van der Waals surface area contributed by atoms with Crippen LogP contribution < -0.4 is 14.4 Å². The molecule has 2 aromatic carbocycles. The molecule has 2 rings (SSSR count). The van der Waals surface area contributed by atoms with Crippen LogP contribution in [0.25, 0.3) is 0 Å². The molecule has 0 aliphatic heterocycles. The Morgan fingerprint density at radius 1 is 1.13 bits per heavy atom. The molecule has 0 unspecified atom stereocenters. The van der Waals surface area contributed by atoms with Gasteiger partial charge in [0, 0.05) is 18.7 Å². The molecule has 8 heteroatoms. The second-order valence-corrected chi connectivity index (χ2v) is 9.42. The van der Waals surface area contributed by atoms with E-state index in [1.54, 1.807) is 18.2 Å². The number of nitrogens with zero attached hydrogens (tertiary/aromatic N) is 1. The highest BCUT2D eigenvalue weighted by Gasteiger charge is 2.19. The summed E-state index contributed by atoms with van der Waals surface area (Å²) in [6, 6.07) is 12.6. The van der Waals surface area contributed by atoms with Crippen molar-refractivity contribution in [2.45, 2.75) is 39.0 Å². The molecule has 0 aromatic heterocycles. The Bertz CT molecular complexity index is 946. The van der Waals surface area contributed by atoms with E-state index in [1.165, 1.54) is 17.0 Å². The molecular weight excluding hydrogens is 424 g/mol. The number of carbonyl (C=O) groups excluding carboxylic acids is 1. The zero-order valence-corrected chi connectivity index (χ0v) is 19.2. The highest BCUT2D eigenvalue weighted by Crippen LogP contribution is 2.30. The zero-order valence-electron chi connectivity index (χ0n) is 17.7. The van der Waals surface area contributed by atoms with Crippen LogP contribution in [0.1, 0.15) is 38.2 Å². The number of sulfonamides is 1. The highest BCUT2D eigenvalue weighted by molar-refractivity contribution is 7.92. The van der Waals surface area contributed by atoms with Crippen LogP contribution in [0.2, 0.25) is 5.02 Å². The molecule has 30 heavy (non-hydrogen) atoms. The Balaban J connectivity index is 1.93. The number of ether oxygens (including phenoxy) is 1. The number of aryl methyl sites for hydroxylation is 1. The van der Waals surface area contributed by atoms with Crippen LogP contribution in [-0.4, -0.2) is 34.2 Å². The van der Waals surface area contributed by atoms with Crippen molar-refractivity contribution >= 4 is 38.9 Å². The lowest BCUT2D eigenvalue weighted by molar-refractivity contribution is -0.116. The van der Waals surface area contributed by atoms with Crippen LogP contribution in [0.3, 0.4) is 0 Å². The SMILES string of the molecule is CCCCc1ccc(NC(=O)CCCN(c2ccc(OC)c(Cl)c2)S(C)(=O)=O)cc1. The third kappa shape index (κ3) is 7.22. The number of unbranched alkanes of at least 4 members (excludes halogenated alkanes) is 1. The number of hydrogen-bond donors (Lipinski definition) is 1. The first kappa shape index (κ1) is 24.0. The number of carbonyl (C=O) groups is 1. The van der Waals surface area contributed by atoms with Gasteiger partial charge < -0.3 is 10.1 Å². The quantitative estimate of drug-likeness (QED) is 0.527. The maximum atomic E-state index is 12.3. The number of methoxy groups -OCH3 is 1. The summed E-state index contributed by atoms with van der Waals surface area (Å²) in [6.45, 7) is 2.33. The van der Waals surface area contributed by atoms with E-state index in [4.69, 9.17) is 16.3 Å². The number of hydrogen-bond acceptors (Lipinski definition) is 4. The molecule has 2 aromatic rings. The summed E-state index contributed by atoms with van der Waals surface area (Å²) >= 11 is 6.13. The third-order valence-electron chi connectivity index (χ3n) is 4.65. The van der Waals surface area contributed by atoms with E-state index in [2.05, 4.69) is 12.2 Å². The van der Waals surface area contributed by atoms with Crippen LogP contribution in [-0.2, 0) is 21.2 Å². The molecule has 0 atom stereocenters. The maximum Gasteiger partial charge on any atom is 0.232 e. The van der Waals surface area contributed by atoms with Gasteiger partial charge in [-0.15, -0.1) is 0 Å². The minimum absolute atomic E-state index is 0.155. The predicted octanol–water partition coefficient (Wildman–Crippen LogP) is 4.88. The van der Waals surface area contributed by atoms with E-state index >= 15 is 0 Å². The molecule has 1 amide bonds. The van der Waals surface area contributed by atoms with Crippen molar-refractivity contribution in [3.8, 4) is 5.75 Å². The van der Waals surface area contributed by atoms with E-state index in [0.717, 1.165) is 31.2 Å². The summed E-state index contributed by atoms with van der Waals surface area (Å²) in [5.41, 5.74) is 2.42. The molecule has 1 N–H and O–H groups in total. The van der Waals surface area contributed by atoms with Crippen molar-refractivity contribution < 1.29 is 17.9 Å². The van der Waals surface area contributed by atoms with E-state index in [9.17, 15) is 13.2 Å². The molecule has 164 valence electrons. The lowest BCUT2D eigenvalue weighted by Crippen LogP contribution is -2.31. The third-order valence-corrected chi connectivity index (χ3v) is 6.13. The van der Waals surface area contributed by atoms with Gasteiger partial charge in [0.15, 0.2) is 0 Å². The zero-order chi connectivity index (χ0) is 22.1. The second-order valence-electron chi connectivity index (χ2n) is 7.11. The molecule has 0 saturated heterocycles. The average Bonchev–Trinajstić information content (AvgIpc) is 2.69. The first-order valence-corrected chi connectivity index (χ1v) is 12.2. The second kappa shape index (κ2) is 11.2. The van der Waals surface area contributed by atoms with E-state index < -0.39 is 10.0 Å². The molecule has 0 radical (unpaired) electrons. The molecule has 0 aliphatic carbocycles. The maximum absolute atomic E-state index is 12.3. The topological polar surface area (TPSA) is 75.7 Å². The summed E-state index contributed by atoms with van der Waals surface area (Å²) in [6.07, 6.45) is 5.02. The van der Waals surface area contributed by atoms with Gasteiger partial charge in [-0.05, 0) is 55.2 Å². The fourth-order valence-electron chi connectivity index (χ4n) is 3.04. The van der Waals surface area contributed by atoms with Gasteiger partial charge in [-0.1, -0.05) is 37.1 Å². The van der Waals surface area contributed by atoms with Crippen molar-refractivity contribution in [2.75, 3.05) is 29.5 Å².